The molecule has 1 atom stereocenters. The van der Waals surface area contributed by atoms with E-state index in [0.717, 1.165) is 30.5 Å². The summed E-state index contributed by atoms with van der Waals surface area (Å²) in [6.07, 6.45) is 0.939. The van der Waals surface area contributed by atoms with Crippen molar-refractivity contribution in [1.29, 1.82) is 0 Å². The molecule has 0 aromatic heterocycles. The summed E-state index contributed by atoms with van der Waals surface area (Å²) in [4.78, 5) is 10.7. The number of carbonyl (C=O) groups is 1. The molecule has 1 aromatic rings. The van der Waals surface area contributed by atoms with Crippen LogP contribution in [0.1, 0.15) is 13.3 Å². The monoisotopic (exact) mass is 306 g/mol. The summed E-state index contributed by atoms with van der Waals surface area (Å²) in [5, 5.41) is 7.35. The Balaban J connectivity index is 3.28. The first-order chi connectivity index (χ1) is 8.60. The van der Waals surface area contributed by atoms with E-state index in [0.29, 0.717) is 0 Å². The molecule has 1 N–H and O–H groups in total. The lowest BCUT2D eigenvalue weighted by Gasteiger charge is -2.11. The van der Waals surface area contributed by atoms with Gasteiger partial charge in [0, 0.05) is 6.26 Å². The number of rotatable bonds is 5. The van der Waals surface area contributed by atoms with Gasteiger partial charge in [-0.1, -0.05) is 6.92 Å². The molecule has 1 aromatic carbocycles. The minimum absolute atomic E-state index is 0.0187. The molecular formula is C11H14O6S2. The second-order valence-corrected chi connectivity index (χ2v) is 8.17. The first-order valence-electron chi connectivity index (χ1n) is 5.37. The van der Waals surface area contributed by atoms with Gasteiger partial charge in [-0.15, -0.1) is 0 Å². The van der Waals surface area contributed by atoms with Crippen LogP contribution in [0.5, 0.6) is 0 Å². The molecule has 0 amide bonds. The quantitative estimate of drug-likeness (QED) is 0.859. The predicted molar refractivity (Wildman–Crippen MR) is 68.5 cm³/mol. The van der Waals surface area contributed by atoms with E-state index in [4.69, 9.17) is 5.11 Å². The maximum atomic E-state index is 12.0. The van der Waals surface area contributed by atoms with Crippen LogP contribution < -0.4 is 0 Å². The van der Waals surface area contributed by atoms with Gasteiger partial charge < -0.3 is 5.11 Å². The lowest BCUT2D eigenvalue weighted by molar-refractivity contribution is -0.136. The Kier molecular flexibility index (Phi) is 4.36. The highest BCUT2D eigenvalue weighted by Crippen LogP contribution is 2.20. The van der Waals surface area contributed by atoms with Crippen LogP contribution in [0.25, 0.3) is 0 Å². The van der Waals surface area contributed by atoms with Crippen LogP contribution in [-0.4, -0.2) is 39.4 Å². The van der Waals surface area contributed by atoms with Crippen molar-refractivity contribution in [3.63, 3.8) is 0 Å². The highest BCUT2D eigenvalue weighted by Gasteiger charge is 2.32. The molecule has 0 saturated heterocycles. The number of carboxylic acid groups (broad SMARTS) is 1. The zero-order valence-corrected chi connectivity index (χ0v) is 12.0. The molecule has 0 aliphatic heterocycles. The largest absolute Gasteiger partial charge is 0.480 e. The molecule has 0 spiro atoms. The fraction of sp³-hybridized carbons (Fsp3) is 0.364. The highest BCUT2D eigenvalue weighted by molar-refractivity contribution is 7.92. The normalized spacial score (nSPS) is 14.0. The third-order valence-electron chi connectivity index (χ3n) is 2.60. The van der Waals surface area contributed by atoms with Gasteiger partial charge in [0.25, 0.3) is 0 Å². The Morgan fingerprint density at radius 2 is 1.53 bits per heavy atom. The average Bonchev–Trinajstić information content (AvgIpc) is 2.28. The molecule has 0 fully saturated rings. The van der Waals surface area contributed by atoms with Crippen LogP contribution >= 0.6 is 0 Å². The number of carboxylic acids is 1. The molecule has 0 saturated carbocycles. The van der Waals surface area contributed by atoms with Crippen LogP contribution in [0.15, 0.2) is 34.1 Å². The fourth-order valence-electron chi connectivity index (χ4n) is 1.57. The maximum absolute atomic E-state index is 12.0. The van der Waals surface area contributed by atoms with Crippen molar-refractivity contribution in [2.45, 2.75) is 28.4 Å². The molecule has 6 nitrogen and oxygen atoms in total. The van der Waals surface area contributed by atoms with Crippen molar-refractivity contribution < 1.29 is 26.7 Å². The van der Waals surface area contributed by atoms with Gasteiger partial charge in [-0.3, -0.25) is 4.79 Å². The smallest absolute Gasteiger partial charge is 0.322 e. The van der Waals surface area contributed by atoms with Gasteiger partial charge in [-0.05, 0) is 30.7 Å². The molecule has 0 aliphatic carbocycles. The number of benzene rings is 1. The van der Waals surface area contributed by atoms with Crippen LogP contribution in [-0.2, 0) is 24.5 Å². The summed E-state index contributed by atoms with van der Waals surface area (Å²) in [5.74, 6) is -1.42. The van der Waals surface area contributed by atoms with E-state index in [2.05, 4.69) is 0 Å². The van der Waals surface area contributed by atoms with E-state index in [9.17, 15) is 21.6 Å². The van der Waals surface area contributed by atoms with E-state index in [1.165, 1.54) is 6.92 Å². The Hall–Kier alpha value is -1.41. The Morgan fingerprint density at radius 1 is 1.11 bits per heavy atom. The zero-order chi connectivity index (χ0) is 14.8. The summed E-state index contributed by atoms with van der Waals surface area (Å²) in [6.45, 7) is 1.46. The topological polar surface area (TPSA) is 106 Å². The lowest BCUT2D eigenvalue weighted by Crippen LogP contribution is -2.29. The van der Waals surface area contributed by atoms with Gasteiger partial charge in [0.1, 0.15) is 0 Å². The van der Waals surface area contributed by atoms with Gasteiger partial charge in [0.2, 0.25) is 0 Å². The summed E-state index contributed by atoms with van der Waals surface area (Å²) < 4.78 is 46.6. The second kappa shape index (κ2) is 5.30. The van der Waals surface area contributed by atoms with E-state index < -0.39 is 30.9 Å². The molecule has 19 heavy (non-hydrogen) atoms. The third kappa shape index (κ3) is 3.32. The first-order valence-corrected chi connectivity index (χ1v) is 8.81. The number of aliphatic carboxylic acids is 1. The van der Waals surface area contributed by atoms with E-state index in [-0.39, 0.29) is 16.2 Å². The summed E-state index contributed by atoms with van der Waals surface area (Å²) in [7, 11) is -7.43. The van der Waals surface area contributed by atoms with Gasteiger partial charge in [0.05, 0.1) is 9.79 Å². The Morgan fingerprint density at radius 3 is 1.84 bits per heavy atom. The van der Waals surface area contributed by atoms with Gasteiger partial charge in [-0.2, -0.15) is 0 Å². The van der Waals surface area contributed by atoms with Crippen LogP contribution in [0.2, 0.25) is 0 Å². The summed E-state index contributed by atoms with van der Waals surface area (Å²) in [5.41, 5.74) is 0. The zero-order valence-electron chi connectivity index (χ0n) is 10.4. The SMILES string of the molecule is CCC(C(=O)O)S(=O)(=O)c1ccc(S(C)(=O)=O)cc1. The van der Waals surface area contributed by atoms with Crippen molar-refractivity contribution >= 4 is 25.6 Å². The molecule has 8 heteroatoms. The molecule has 1 unspecified atom stereocenters. The molecule has 0 heterocycles. The van der Waals surface area contributed by atoms with Crippen molar-refractivity contribution in [3.8, 4) is 0 Å². The summed E-state index contributed by atoms with van der Waals surface area (Å²) in [6, 6.07) is 4.52. The van der Waals surface area contributed by atoms with Crippen molar-refractivity contribution in [2.75, 3.05) is 6.26 Å². The molecule has 0 aliphatic rings. The minimum atomic E-state index is -4.01. The van der Waals surface area contributed by atoms with Crippen molar-refractivity contribution in [1.82, 2.24) is 0 Å². The molecule has 1 rings (SSSR count). The number of hydrogen-bond donors (Lipinski definition) is 1. The molecule has 0 radical (unpaired) electrons. The van der Waals surface area contributed by atoms with Gasteiger partial charge >= 0.3 is 5.97 Å². The summed E-state index contributed by atoms with van der Waals surface area (Å²) >= 11 is 0. The maximum Gasteiger partial charge on any atom is 0.322 e. The third-order valence-corrected chi connectivity index (χ3v) is 5.94. The molecule has 0 bridgehead atoms. The van der Waals surface area contributed by atoms with Crippen molar-refractivity contribution in [3.05, 3.63) is 24.3 Å². The first kappa shape index (κ1) is 15.6. The molecule has 106 valence electrons. The second-order valence-electron chi connectivity index (χ2n) is 4.02. The van der Waals surface area contributed by atoms with Crippen LogP contribution in [0, 0.1) is 0 Å². The number of sulfone groups is 2. The molecular weight excluding hydrogens is 292 g/mol. The van der Waals surface area contributed by atoms with Crippen LogP contribution in [0.4, 0.5) is 0 Å². The van der Waals surface area contributed by atoms with E-state index >= 15 is 0 Å². The minimum Gasteiger partial charge on any atom is -0.480 e. The van der Waals surface area contributed by atoms with E-state index in [1.54, 1.807) is 0 Å². The van der Waals surface area contributed by atoms with Gasteiger partial charge in [-0.25, -0.2) is 16.8 Å². The standard InChI is InChI=1S/C11H14O6S2/c1-3-10(11(12)13)19(16,17)9-6-4-8(5-7-9)18(2,14)15/h4-7,10H,3H2,1-2H3,(H,12,13). The lowest BCUT2D eigenvalue weighted by atomic mass is 10.3. The predicted octanol–water partition coefficient (Wildman–Crippen LogP) is 0.727. The van der Waals surface area contributed by atoms with Crippen LogP contribution in [0.3, 0.4) is 0 Å². The Bertz CT molecular complexity index is 670. The fourth-order valence-corrected chi connectivity index (χ4v) is 3.75. The highest BCUT2D eigenvalue weighted by atomic mass is 32.2. The number of hydrogen-bond acceptors (Lipinski definition) is 5. The van der Waals surface area contributed by atoms with Gasteiger partial charge in [0.15, 0.2) is 24.9 Å². The van der Waals surface area contributed by atoms with Crippen molar-refractivity contribution in [2.24, 2.45) is 0 Å². The average molecular weight is 306 g/mol. The Labute approximate surface area is 111 Å². The van der Waals surface area contributed by atoms with E-state index in [1.807, 2.05) is 0 Å².